The maximum Gasteiger partial charge on any atom is 0.313 e. The van der Waals surface area contributed by atoms with E-state index in [-0.39, 0.29) is 24.2 Å². The molecule has 3 N–H and O–H groups in total. The lowest BCUT2D eigenvalue weighted by Crippen LogP contribution is -2.36. The lowest BCUT2D eigenvalue weighted by molar-refractivity contribution is -0.136. The van der Waals surface area contributed by atoms with Gasteiger partial charge in [0.1, 0.15) is 6.07 Å². The normalized spacial score (nSPS) is 11.5. The van der Waals surface area contributed by atoms with Gasteiger partial charge in [-0.3, -0.25) is 9.59 Å². The number of benzene rings is 3. The molecule has 3 aromatic rings. The Morgan fingerprint density at radius 3 is 2.62 bits per heavy atom. The maximum absolute atomic E-state index is 12.1. The third-order valence-corrected chi connectivity index (χ3v) is 4.68. The van der Waals surface area contributed by atoms with E-state index in [0.717, 1.165) is 16.3 Å². The van der Waals surface area contributed by atoms with Gasteiger partial charge in [0.05, 0.1) is 17.4 Å². The van der Waals surface area contributed by atoms with E-state index >= 15 is 0 Å². The quantitative estimate of drug-likeness (QED) is 0.563. The van der Waals surface area contributed by atoms with Gasteiger partial charge in [0.2, 0.25) is 0 Å². The van der Waals surface area contributed by atoms with Gasteiger partial charge in [0.15, 0.2) is 0 Å². The van der Waals surface area contributed by atoms with Crippen LogP contribution in [0.1, 0.15) is 23.7 Å². The Balaban J connectivity index is 1.57. The number of halogens is 1. The van der Waals surface area contributed by atoms with Crippen molar-refractivity contribution < 1.29 is 14.7 Å². The first kappa shape index (κ1) is 20.3. The summed E-state index contributed by atoms with van der Waals surface area (Å²) in [6, 6.07) is 19.7. The van der Waals surface area contributed by atoms with Gasteiger partial charge in [0.25, 0.3) is 0 Å². The molecular formula is C22H18ClN3O3. The minimum Gasteiger partial charge on any atom is -0.388 e. The van der Waals surface area contributed by atoms with Crippen molar-refractivity contribution in [3.8, 4) is 6.07 Å². The first-order chi connectivity index (χ1) is 14.0. The first-order valence-electron chi connectivity index (χ1n) is 8.94. The highest BCUT2D eigenvalue weighted by atomic mass is 35.5. The number of nitrogens with one attached hydrogen (secondary N) is 2. The van der Waals surface area contributed by atoms with Crippen molar-refractivity contribution in [3.63, 3.8) is 0 Å². The van der Waals surface area contributed by atoms with Gasteiger partial charge in [-0.1, -0.05) is 54.1 Å². The molecule has 0 heterocycles. The smallest absolute Gasteiger partial charge is 0.313 e. The zero-order chi connectivity index (χ0) is 20.8. The fourth-order valence-electron chi connectivity index (χ4n) is 3.00. The lowest BCUT2D eigenvalue weighted by atomic mass is 9.99. The van der Waals surface area contributed by atoms with Crippen LogP contribution in [0.25, 0.3) is 10.8 Å². The highest BCUT2D eigenvalue weighted by Crippen LogP contribution is 2.26. The average molecular weight is 408 g/mol. The molecule has 0 saturated carbocycles. The molecule has 3 rings (SSSR count). The number of fused-ring (bicyclic) bond motifs is 1. The number of carbonyl (C=O) groups is 2. The molecule has 6 nitrogen and oxygen atoms in total. The van der Waals surface area contributed by atoms with Crippen LogP contribution in [0.3, 0.4) is 0 Å². The molecule has 146 valence electrons. The minimum absolute atomic E-state index is 0.108. The van der Waals surface area contributed by atoms with Gasteiger partial charge in [-0.2, -0.15) is 5.26 Å². The number of nitriles is 1. The molecule has 0 unspecified atom stereocenters. The van der Waals surface area contributed by atoms with Crippen molar-refractivity contribution in [2.24, 2.45) is 0 Å². The summed E-state index contributed by atoms with van der Waals surface area (Å²) in [5, 5.41) is 26.7. The molecule has 7 heteroatoms. The van der Waals surface area contributed by atoms with E-state index in [4.69, 9.17) is 16.9 Å². The van der Waals surface area contributed by atoms with Crippen molar-refractivity contribution in [1.82, 2.24) is 5.32 Å². The summed E-state index contributed by atoms with van der Waals surface area (Å²) in [6.45, 7) is 0.108. The topological polar surface area (TPSA) is 102 Å². The Bertz CT molecular complexity index is 1100. The number of aliphatic hydroxyl groups is 1. The number of hydrogen-bond acceptors (Lipinski definition) is 4. The monoisotopic (exact) mass is 407 g/mol. The number of anilines is 1. The van der Waals surface area contributed by atoms with Crippen LogP contribution in [-0.2, 0) is 9.59 Å². The van der Waals surface area contributed by atoms with E-state index in [0.29, 0.717) is 5.02 Å². The number of aliphatic hydroxyl groups excluding tert-OH is 1. The standard InChI is InChI=1S/C22H18ClN3O3/c23-16-9-8-15(13-24)19(12-16)26-22(29)21(28)25-11-10-20(27)18-7-3-5-14-4-1-2-6-17(14)18/h1-9,12,20,27H,10-11H2,(H,25,28)(H,26,29)/t20-/m1/s1. The summed E-state index contributed by atoms with van der Waals surface area (Å²) >= 11 is 5.87. The molecule has 0 fully saturated rings. The highest BCUT2D eigenvalue weighted by molar-refractivity contribution is 6.40. The highest BCUT2D eigenvalue weighted by Gasteiger charge is 2.17. The molecule has 0 bridgehead atoms. The van der Waals surface area contributed by atoms with Crippen LogP contribution in [0, 0.1) is 11.3 Å². The maximum atomic E-state index is 12.1. The van der Waals surface area contributed by atoms with E-state index in [1.165, 1.54) is 18.2 Å². The fraction of sp³-hybridized carbons (Fsp3) is 0.136. The fourth-order valence-corrected chi connectivity index (χ4v) is 3.17. The molecule has 0 saturated heterocycles. The van der Waals surface area contributed by atoms with Gasteiger partial charge in [-0.05, 0) is 41.0 Å². The lowest BCUT2D eigenvalue weighted by Gasteiger charge is -2.14. The van der Waals surface area contributed by atoms with Gasteiger partial charge >= 0.3 is 11.8 Å². The van der Waals surface area contributed by atoms with E-state index in [9.17, 15) is 14.7 Å². The van der Waals surface area contributed by atoms with Crippen LogP contribution in [0.5, 0.6) is 0 Å². The predicted octanol–water partition coefficient (Wildman–Crippen LogP) is 3.54. The van der Waals surface area contributed by atoms with Gasteiger partial charge in [0, 0.05) is 11.6 Å². The molecule has 0 radical (unpaired) electrons. The molecule has 29 heavy (non-hydrogen) atoms. The third-order valence-electron chi connectivity index (χ3n) is 4.44. The van der Waals surface area contributed by atoms with Crippen LogP contribution in [-0.4, -0.2) is 23.5 Å². The largest absolute Gasteiger partial charge is 0.388 e. The average Bonchev–Trinajstić information content (AvgIpc) is 2.73. The number of amides is 2. The number of carbonyl (C=O) groups excluding carboxylic acids is 2. The van der Waals surface area contributed by atoms with Crippen LogP contribution >= 0.6 is 11.6 Å². The summed E-state index contributed by atoms with van der Waals surface area (Å²) in [6.07, 6.45) is -0.546. The second-order valence-electron chi connectivity index (χ2n) is 6.38. The van der Waals surface area contributed by atoms with Crippen molar-refractivity contribution in [1.29, 1.82) is 5.26 Å². The number of rotatable bonds is 5. The van der Waals surface area contributed by atoms with Gasteiger partial charge < -0.3 is 15.7 Å². The summed E-state index contributed by atoms with van der Waals surface area (Å²) in [5.74, 6) is -1.78. The third kappa shape index (κ3) is 4.91. The summed E-state index contributed by atoms with van der Waals surface area (Å²) in [7, 11) is 0. The number of hydrogen-bond donors (Lipinski definition) is 3. The van der Waals surface area contributed by atoms with Crippen LogP contribution in [0.2, 0.25) is 5.02 Å². The first-order valence-corrected chi connectivity index (χ1v) is 9.32. The van der Waals surface area contributed by atoms with Crippen LogP contribution in [0.4, 0.5) is 5.69 Å². The van der Waals surface area contributed by atoms with Gasteiger partial charge in [-0.25, -0.2) is 0 Å². The SMILES string of the molecule is N#Cc1ccc(Cl)cc1NC(=O)C(=O)NCC[C@@H](O)c1cccc2ccccc12. The Morgan fingerprint density at radius 2 is 1.83 bits per heavy atom. The molecule has 0 aliphatic heterocycles. The van der Waals surface area contributed by atoms with Gasteiger partial charge in [-0.15, -0.1) is 0 Å². The van der Waals surface area contributed by atoms with Crippen molar-refractivity contribution >= 4 is 39.9 Å². The van der Waals surface area contributed by atoms with Crippen molar-refractivity contribution in [2.45, 2.75) is 12.5 Å². The summed E-state index contributed by atoms with van der Waals surface area (Å²) in [4.78, 5) is 24.1. The molecule has 2 amide bonds. The van der Waals surface area contributed by atoms with Crippen LogP contribution < -0.4 is 10.6 Å². The number of nitrogens with zero attached hydrogens (tertiary/aromatic N) is 1. The predicted molar refractivity (Wildman–Crippen MR) is 111 cm³/mol. The van der Waals surface area contributed by atoms with E-state index in [1.807, 2.05) is 48.5 Å². The molecule has 0 aromatic heterocycles. The minimum atomic E-state index is -0.914. The summed E-state index contributed by atoms with van der Waals surface area (Å²) < 4.78 is 0. The van der Waals surface area contributed by atoms with Crippen molar-refractivity contribution in [2.75, 3.05) is 11.9 Å². The molecule has 0 spiro atoms. The molecule has 1 atom stereocenters. The second-order valence-corrected chi connectivity index (χ2v) is 6.82. The molecular weight excluding hydrogens is 390 g/mol. The Morgan fingerprint density at radius 1 is 1.07 bits per heavy atom. The Hall–Kier alpha value is -3.40. The zero-order valence-corrected chi connectivity index (χ0v) is 16.1. The Kier molecular flexibility index (Phi) is 6.45. The zero-order valence-electron chi connectivity index (χ0n) is 15.4. The van der Waals surface area contributed by atoms with E-state index in [1.54, 1.807) is 0 Å². The van der Waals surface area contributed by atoms with Crippen molar-refractivity contribution in [3.05, 3.63) is 76.8 Å². The van der Waals surface area contributed by atoms with Crippen LogP contribution in [0.15, 0.2) is 60.7 Å². The molecule has 0 aliphatic carbocycles. The molecule has 0 aliphatic rings. The van der Waals surface area contributed by atoms with E-state index < -0.39 is 17.9 Å². The Labute approximate surface area is 172 Å². The molecule has 3 aromatic carbocycles. The van der Waals surface area contributed by atoms with E-state index in [2.05, 4.69) is 10.6 Å². The second kappa shape index (κ2) is 9.20. The summed E-state index contributed by atoms with van der Waals surface area (Å²) in [5.41, 5.74) is 1.12.